The van der Waals surface area contributed by atoms with Crippen LogP contribution < -0.4 is 5.73 Å². The highest BCUT2D eigenvalue weighted by Gasteiger charge is 2.18. The van der Waals surface area contributed by atoms with Gasteiger partial charge in [0.2, 0.25) is 0 Å². The summed E-state index contributed by atoms with van der Waals surface area (Å²) in [5.41, 5.74) is 6.55. The van der Waals surface area contributed by atoms with Crippen LogP contribution in [0.2, 0.25) is 0 Å². The van der Waals surface area contributed by atoms with Crippen molar-refractivity contribution in [3.63, 3.8) is 0 Å². The molecule has 1 heterocycles. The second-order valence-electron chi connectivity index (χ2n) is 3.97. The van der Waals surface area contributed by atoms with Crippen molar-refractivity contribution in [2.75, 3.05) is 12.0 Å². The van der Waals surface area contributed by atoms with E-state index in [0.717, 1.165) is 5.69 Å². The fraction of sp³-hybridized carbons (Fsp3) is 0.667. The van der Waals surface area contributed by atoms with Crippen LogP contribution in [0.15, 0.2) is 12.5 Å². The van der Waals surface area contributed by atoms with Crippen molar-refractivity contribution in [1.29, 1.82) is 0 Å². The zero-order valence-corrected chi connectivity index (χ0v) is 9.67. The summed E-state index contributed by atoms with van der Waals surface area (Å²) in [5, 5.41) is 0. The first-order valence-corrected chi connectivity index (χ1v) is 6.23. The van der Waals surface area contributed by atoms with E-state index in [9.17, 15) is 4.21 Å². The molecular weight excluding hydrogens is 198 g/mol. The first-order valence-electron chi connectivity index (χ1n) is 4.51. The predicted molar refractivity (Wildman–Crippen MR) is 58.4 cm³/mol. The van der Waals surface area contributed by atoms with Gasteiger partial charge in [0.05, 0.1) is 17.6 Å². The summed E-state index contributed by atoms with van der Waals surface area (Å²) in [6, 6.07) is 0. The average Bonchev–Trinajstić information content (AvgIpc) is 2.46. The maximum Gasteiger partial charge on any atom is 0.0949 e. The van der Waals surface area contributed by atoms with Gasteiger partial charge in [-0.05, 0) is 13.8 Å². The normalized spacial score (nSPS) is 14.3. The Balaban J connectivity index is 2.78. The van der Waals surface area contributed by atoms with E-state index in [1.54, 1.807) is 18.8 Å². The molecule has 1 atom stereocenters. The SMILES string of the molecule is CS(=O)CCn1cncc1C(C)(C)N. The van der Waals surface area contributed by atoms with Crippen molar-refractivity contribution in [3.05, 3.63) is 18.2 Å². The summed E-state index contributed by atoms with van der Waals surface area (Å²) < 4.78 is 12.9. The second kappa shape index (κ2) is 4.23. The molecule has 0 radical (unpaired) electrons. The first-order chi connectivity index (χ1) is 6.41. The standard InChI is InChI=1S/C9H17N3OS/c1-9(2,10)8-6-11-7-12(8)4-5-14(3)13/h6-7H,4-5,10H2,1-3H3. The molecule has 1 aromatic rings. The van der Waals surface area contributed by atoms with Gasteiger partial charge in [0, 0.05) is 35.5 Å². The van der Waals surface area contributed by atoms with E-state index < -0.39 is 16.3 Å². The van der Waals surface area contributed by atoms with Gasteiger partial charge in [0.1, 0.15) is 0 Å². The van der Waals surface area contributed by atoms with Crippen LogP contribution in [-0.4, -0.2) is 25.8 Å². The third-order valence-corrected chi connectivity index (χ3v) is 2.75. The fourth-order valence-corrected chi connectivity index (χ4v) is 1.72. The zero-order valence-electron chi connectivity index (χ0n) is 8.86. The summed E-state index contributed by atoms with van der Waals surface area (Å²) in [5.74, 6) is 0.638. The summed E-state index contributed by atoms with van der Waals surface area (Å²) in [7, 11) is -0.775. The Bertz CT molecular complexity index is 327. The van der Waals surface area contributed by atoms with E-state index in [-0.39, 0.29) is 0 Å². The van der Waals surface area contributed by atoms with E-state index in [1.165, 1.54) is 0 Å². The van der Waals surface area contributed by atoms with Crippen molar-refractivity contribution in [3.8, 4) is 0 Å². The second-order valence-corrected chi connectivity index (χ2v) is 5.53. The molecule has 0 aliphatic heterocycles. The lowest BCUT2D eigenvalue weighted by Gasteiger charge is -2.20. The molecule has 0 aliphatic rings. The van der Waals surface area contributed by atoms with Gasteiger partial charge in [-0.25, -0.2) is 4.98 Å². The number of rotatable bonds is 4. The number of imidazole rings is 1. The van der Waals surface area contributed by atoms with E-state index in [0.29, 0.717) is 12.3 Å². The summed E-state index contributed by atoms with van der Waals surface area (Å²) in [6.45, 7) is 4.58. The minimum absolute atomic E-state index is 0.397. The Labute approximate surface area is 87.0 Å². The van der Waals surface area contributed by atoms with Crippen molar-refractivity contribution in [2.45, 2.75) is 25.9 Å². The Morgan fingerprint density at radius 2 is 2.29 bits per heavy atom. The Morgan fingerprint density at radius 1 is 1.64 bits per heavy atom. The number of nitrogens with zero attached hydrogens (tertiary/aromatic N) is 2. The molecule has 1 unspecified atom stereocenters. The van der Waals surface area contributed by atoms with E-state index >= 15 is 0 Å². The minimum Gasteiger partial charge on any atom is -0.332 e. The van der Waals surface area contributed by atoms with Gasteiger partial charge < -0.3 is 10.3 Å². The smallest absolute Gasteiger partial charge is 0.0949 e. The highest BCUT2D eigenvalue weighted by atomic mass is 32.2. The highest BCUT2D eigenvalue weighted by molar-refractivity contribution is 7.84. The van der Waals surface area contributed by atoms with E-state index in [4.69, 9.17) is 5.73 Å². The maximum absolute atomic E-state index is 10.9. The van der Waals surface area contributed by atoms with Gasteiger partial charge in [0.15, 0.2) is 0 Å². The highest BCUT2D eigenvalue weighted by Crippen LogP contribution is 2.15. The van der Waals surface area contributed by atoms with Gasteiger partial charge in [-0.1, -0.05) is 0 Å². The van der Waals surface area contributed by atoms with Crippen molar-refractivity contribution in [2.24, 2.45) is 5.73 Å². The summed E-state index contributed by atoms with van der Waals surface area (Å²) >= 11 is 0. The molecule has 0 spiro atoms. The van der Waals surface area contributed by atoms with Gasteiger partial charge in [-0.2, -0.15) is 0 Å². The van der Waals surface area contributed by atoms with Gasteiger partial charge in [0.25, 0.3) is 0 Å². The molecule has 1 rings (SSSR count). The Morgan fingerprint density at radius 3 is 2.79 bits per heavy atom. The Hall–Kier alpha value is -0.680. The molecule has 2 N–H and O–H groups in total. The maximum atomic E-state index is 10.9. The van der Waals surface area contributed by atoms with Crippen LogP contribution in [0.1, 0.15) is 19.5 Å². The summed E-state index contributed by atoms with van der Waals surface area (Å²) in [4.78, 5) is 4.05. The first kappa shape index (κ1) is 11.4. The molecule has 0 saturated carbocycles. The topological polar surface area (TPSA) is 60.9 Å². The molecule has 0 amide bonds. The number of hydrogen-bond acceptors (Lipinski definition) is 3. The molecule has 0 aromatic carbocycles. The zero-order chi connectivity index (χ0) is 10.8. The van der Waals surface area contributed by atoms with Crippen LogP contribution in [0.25, 0.3) is 0 Å². The number of nitrogens with two attached hydrogens (primary N) is 1. The molecule has 0 fully saturated rings. The quantitative estimate of drug-likeness (QED) is 0.793. The molecule has 0 bridgehead atoms. The molecule has 5 heteroatoms. The number of aromatic nitrogens is 2. The lowest BCUT2D eigenvalue weighted by Crippen LogP contribution is -2.32. The third-order valence-electron chi connectivity index (χ3n) is 1.99. The number of hydrogen-bond donors (Lipinski definition) is 1. The van der Waals surface area contributed by atoms with Crippen LogP contribution in [-0.2, 0) is 22.9 Å². The largest absolute Gasteiger partial charge is 0.332 e. The number of aryl methyl sites for hydroxylation is 1. The molecule has 80 valence electrons. The lowest BCUT2D eigenvalue weighted by molar-refractivity contribution is 0.499. The van der Waals surface area contributed by atoms with Crippen LogP contribution in [0.3, 0.4) is 0 Å². The van der Waals surface area contributed by atoms with Gasteiger partial charge >= 0.3 is 0 Å². The van der Waals surface area contributed by atoms with Crippen molar-refractivity contribution < 1.29 is 4.21 Å². The van der Waals surface area contributed by atoms with Crippen molar-refractivity contribution in [1.82, 2.24) is 9.55 Å². The molecule has 0 saturated heterocycles. The van der Waals surface area contributed by atoms with Crippen LogP contribution in [0.4, 0.5) is 0 Å². The van der Waals surface area contributed by atoms with Crippen LogP contribution in [0.5, 0.6) is 0 Å². The Kier molecular flexibility index (Phi) is 3.44. The van der Waals surface area contributed by atoms with E-state index in [1.807, 2.05) is 18.4 Å². The van der Waals surface area contributed by atoms with Crippen molar-refractivity contribution >= 4 is 10.8 Å². The van der Waals surface area contributed by atoms with Crippen LogP contribution >= 0.6 is 0 Å². The molecule has 1 aromatic heterocycles. The van der Waals surface area contributed by atoms with Gasteiger partial charge in [-0.15, -0.1) is 0 Å². The fourth-order valence-electron chi connectivity index (χ4n) is 1.26. The molecule has 14 heavy (non-hydrogen) atoms. The van der Waals surface area contributed by atoms with Gasteiger partial charge in [-0.3, -0.25) is 4.21 Å². The van der Waals surface area contributed by atoms with Crippen LogP contribution in [0, 0.1) is 0 Å². The third kappa shape index (κ3) is 2.92. The summed E-state index contributed by atoms with van der Waals surface area (Å²) in [6.07, 6.45) is 5.19. The molecular formula is C9H17N3OS. The molecule has 4 nitrogen and oxygen atoms in total. The minimum atomic E-state index is -0.775. The monoisotopic (exact) mass is 215 g/mol. The average molecular weight is 215 g/mol. The van der Waals surface area contributed by atoms with E-state index in [2.05, 4.69) is 4.98 Å². The molecule has 0 aliphatic carbocycles. The predicted octanol–water partition coefficient (Wildman–Crippen LogP) is 0.455. The lowest BCUT2D eigenvalue weighted by atomic mass is 10.0.